The summed E-state index contributed by atoms with van der Waals surface area (Å²) in [5.41, 5.74) is 1.90. The number of carbonyl (C=O) groups excluding carboxylic acids is 2. The SMILES string of the molecule is C=CCCC(C(=O)N1CCC2(CC1)CC(=O)NCC2c1ccc(F)cc1)c1ccccc1. The van der Waals surface area contributed by atoms with Crippen LogP contribution < -0.4 is 5.32 Å². The van der Waals surface area contributed by atoms with Crippen LogP contribution in [-0.2, 0) is 9.59 Å². The Balaban J connectivity index is 1.51. The third kappa shape index (κ3) is 4.62. The van der Waals surface area contributed by atoms with Crippen LogP contribution in [-0.4, -0.2) is 36.3 Å². The van der Waals surface area contributed by atoms with Crippen molar-refractivity contribution in [3.05, 3.63) is 84.2 Å². The largest absolute Gasteiger partial charge is 0.355 e. The number of hydrogen-bond donors (Lipinski definition) is 1. The van der Waals surface area contributed by atoms with Gasteiger partial charge in [-0.3, -0.25) is 9.59 Å². The molecule has 1 spiro atoms. The summed E-state index contributed by atoms with van der Waals surface area (Å²) in [6.07, 6.45) is 5.40. The minimum atomic E-state index is -0.255. The number of likely N-dealkylation sites (tertiary alicyclic amines) is 1. The lowest BCUT2D eigenvalue weighted by Gasteiger charge is -2.49. The average molecular weight is 435 g/mol. The highest BCUT2D eigenvalue weighted by Crippen LogP contribution is 2.49. The Morgan fingerprint density at radius 3 is 2.50 bits per heavy atom. The molecule has 2 atom stereocenters. The predicted octanol–water partition coefficient (Wildman–Crippen LogP) is 4.79. The van der Waals surface area contributed by atoms with Gasteiger partial charge in [0.2, 0.25) is 11.8 Å². The Labute approximate surface area is 189 Å². The lowest BCUT2D eigenvalue weighted by Crippen LogP contribution is -2.53. The summed E-state index contributed by atoms with van der Waals surface area (Å²) in [5, 5.41) is 2.99. The number of benzene rings is 2. The second-order valence-corrected chi connectivity index (χ2v) is 9.10. The van der Waals surface area contributed by atoms with Gasteiger partial charge in [-0.05, 0) is 54.4 Å². The standard InChI is InChI=1S/C27H31FN2O2/c1-2-3-9-23(20-7-5-4-6-8-20)26(32)30-16-14-27(15-17-30)18-25(31)29-19-24(27)21-10-12-22(28)13-11-21/h2,4-8,10-13,23-24H,1,3,9,14-19H2,(H,29,31). The predicted molar refractivity (Wildman–Crippen MR) is 124 cm³/mol. The van der Waals surface area contributed by atoms with Gasteiger partial charge in [-0.25, -0.2) is 4.39 Å². The molecule has 4 nitrogen and oxygen atoms in total. The number of nitrogens with zero attached hydrogens (tertiary/aromatic N) is 1. The molecule has 4 rings (SSSR count). The van der Waals surface area contributed by atoms with E-state index in [4.69, 9.17) is 0 Å². The number of halogens is 1. The monoisotopic (exact) mass is 434 g/mol. The first-order valence-electron chi connectivity index (χ1n) is 11.5. The van der Waals surface area contributed by atoms with E-state index in [0.717, 1.165) is 36.8 Å². The van der Waals surface area contributed by atoms with E-state index in [1.54, 1.807) is 0 Å². The molecular formula is C27H31FN2O2. The Morgan fingerprint density at radius 2 is 1.84 bits per heavy atom. The average Bonchev–Trinajstić information content (AvgIpc) is 2.81. The molecule has 2 unspecified atom stereocenters. The molecule has 0 saturated carbocycles. The first-order valence-corrected chi connectivity index (χ1v) is 11.5. The van der Waals surface area contributed by atoms with Gasteiger partial charge in [0.1, 0.15) is 5.82 Å². The van der Waals surface area contributed by atoms with E-state index in [2.05, 4.69) is 11.9 Å². The fraction of sp³-hybridized carbons (Fsp3) is 0.407. The van der Waals surface area contributed by atoms with Crippen molar-refractivity contribution in [1.82, 2.24) is 10.2 Å². The zero-order valence-electron chi connectivity index (χ0n) is 18.4. The molecule has 0 aromatic heterocycles. The van der Waals surface area contributed by atoms with Gasteiger partial charge in [-0.2, -0.15) is 0 Å². The maximum absolute atomic E-state index is 13.5. The second kappa shape index (κ2) is 9.68. The zero-order chi connectivity index (χ0) is 22.6. The molecule has 2 heterocycles. The van der Waals surface area contributed by atoms with Crippen LogP contribution in [0.25, 0.3) is 0 Å². The third-order valence-corrected chi connectivity index (χ3v) is 7.26. The van der Waals surface area contributed by atoms with Crippen molar-refractivity contribution < 1.29 is 14.0 Å². The van der Waals surface area contributed by atoms with Crippen molar-refractivity contribution in [2.24, 2.45) is 5.41 Å². The molecule has 2 aromatic rings. The van der Waals surface area contributed by atoms with Gasteiger partial charge in [0.15, 0.2) is 0 Å². The molecule has 0 bridgehead atoms. The summed E-state index contributed by atoms with van der Waals surface area (Å²) >= 11 is 0. The van der Waals surface area contributed by atoms with Crippen LogP contribution >= 0.6 is 0 Å². The Kier molecular flexibility index (Phi) is 6.73. The van der Waals surface area contributed by atoms with E-state index < -0.39 is 0 Å². The van der Waals surface area contributed by atoms with Gasteiger partial charge in [0, 0.05) is 32.0 Å². The first kappa shape index (κ1) is 22.3. The molecule has 0 aliphatic carbocycles. The summed E-state index contributed by atoms with van der Waals surface area (Å²) in [6.45, 7) is 5.66. The number of piperidine rings is 2. The molecule has 2 aromatic carbocycles. The van der Waals surface area contributed by atoms with Crippen LogP contribution in [0.3, 0.4) is 0 Å². The highest BCUT2D eigenvalue weighted by molar-refractivity contribution is 5.84. The molecule has 2 fully saturated rings. The van der Waals surface area contributed by atoms with Gasteiger partial charge < -0.3 is 10.2 Å². The summed E-state index contributed by atoms with van der Waals surface area (Å²) in [7, 11) is 0. The highest BCUT2D eigenvalue weighted by atomic mass is 19.1. The third-order valence-electron chi connectivity index (χ3n) is 7.26. The van der Waals surface area contributed by atoms with E-state index in [1.807, 2.05) is 53.4 Å². The summed E-state index contributed by atoms with van der Waals surface area (Å²) in [5.74, 6) is -0.0770. The molecule has 2 saturated heterocycles. The lowest BCUT2D eigenvalue weighted by molar-refractivity contribution is -0.137. The maximum atomic E-state index is 13.5. The fourth-order valence-electron chi connectivity index (χ4n) is 5.42. The van der Waals surface area contributed by atoms with Crippen molar-refractivity contribution in [3.63, 3.8) is 0 Å². The summed E-state index contributed by atoms with van der Waals surface area (Å²) < 4.78 is 13.5. The van der Waals surface area contributed by atoms with Gasteiger partial charge in [-0.1, -0.05) is 48.5 Å². The topological polar surface area (TPSA) is 49.4 Å². The molecule has 2 aliphatic heterocycles. The van der Waals surface area contributed by atoms with Gasteiger partial charge in [0.25, 0.3) is 0 Å². The summed E-state index contributed by atoms with van der Waals surface area (Å²) in [4.78, 5) is 27.8. The quantitative estimate of drug-likeness (QED) is 0.665. The van der Waals surface area contributed by atoms with Crippen molar-refractivity contribution >= 4 is 11.8 Å². The van der Waals surface area contributed by atoms with Gasteiger partial charge >= 0.3 is 0 Å². The lowest BCUT2D eigenvalue weighted by atomic mass is 9.62. The van der Waals surface area contributed by atoms with Gasteiger partial charge in [0.05, 0.1) is 5.92 Å². The van der Waals surface area contributed by atoms with Crippen LogP contribution in [0.2, 0.25) is 0 Å². The van der Waals surface area contributed by atoms with Crippen molar-refractivity contribution in [2.75, 3.05) is 19.6 Å². The van der Waals surface area contributed by atoms with E-state index >= 15 is 0 Å². The molecule has 2 aliphatic rings. The second-order valence-electron chi connectivity index (χ2n) is 9.10. The molecule has 2 amide bonds. The van der Waals surface area contributed by atoms with Crippen LogP contribution in [0, 0.1) is 11.2 Å². The normalized spacial score (nSPS) is 21.1. The molecule has 32 heavy (non-hydrogen) atoms. The van der Waals surface area contributed by atoms with Crippen LogP contribution in [0.4, 0.5) is 4.39 Å². The van der Waals surface area contributed by atoms with E-state index in [1.165, 1.54) is 12.1 Å². The van der Waals surface area contributed by atoms with Crippen LogP contribution in [0.15, 0.2) is 67.3 Å². The zero-order valence-corrected chi connectivity index (χ0v) is 18.4. The van der Waals surface area contributed by atoms with Crippen molar-refractivity contribution in [3.8, 4) is 0 Å². The number of allylic oxidation sites excluding steroid dienone is 1. The molecule has 168 valence electrons. The summed E-state index contributed by atoms with van der Waals surface area (Å²) in [6, 6.07) is 16.6. The van der Waals surface area contributed by atoms with Crippen LogP contribution in [0.5, 0.6) is 0 Å². The van der Waals surface area contributed by atoms with E-state index in [9.17, 15) is 14.0 Å². The van der Waals surface area contributed by atoms with Gasteiger partial charge in [-0.15, -0.1) is 6.58 Å². The Morgan fingerprint density at radius 1 is 1.16 bits per heavy atom. The van der Waals surface area contributed by atoms with Crippen molar-refractivity contribution in [1.29, 1.82) is 0 Å². The minimum Gasteiger partial charge on any atom is -0.355 e. The molecule has 0 radical (unpaired) electrons. The van der Waals surface area contributed by atoms with E-state index in [-0.39, 0.29) is 34.9 Å². The number of amides is 2. The number of carbonyl (C=O) groups is 2. The molecular weight excluding hydrogens is 403 g/mol. The Bertz CT molecular complexity index is 949. The first-order chi connectivity index (χ1) is 15.5. The number of rotatable bonds is 6. The van der Waals surface area contributed by atoms with E-state index in [0.29, 0.717) is 26.1 Å². The van der Waals surface area contributed by atoms with Crippen LogP contribution in [0.1, 0.15) is 55.1 Å². The highest BCUT2D eigenvalue weighted by Gasteiger charge is 2.47. The Hall–Kier alpha value is -2.95. The smallest absolute Gasteiger partial charge is 0.230 e. The number of hydrogen-bond acceptors (Lipinski definition) is 2. The molecule has 1 N–H and O–H groups in total. The number of nitrogens with one attached hydrogen (secondary N) is 1. The molecule has 5 heteroatoms. The minimum absolute atomic E-state index is 0.0660. The fourth-order valence-corrected chi connectivity index (χ4v) is 5.42. The van der Waals surface area contributed by atoms with Crippen molar-refractivity contribution in [2.45, 2.75) is 43.9 Å². The maximum Gasteiger partial charge on any atom is 0.230 e.